The quantitative estimate of drug-likeness (QED) is 0.0602. The Morgan fingerprint density at radius 3 is 1.83 bits per heavy atom. The fourth-order valence-corrected chi connectivity index (χ4v) is 4.81. The number of nitrogens with zero attached hydrogens (tertiary/aromatic N) is 4. The second kappa shape index (κ2) is 19.0. The van der Waals surface area contributed by atoms with Crippen LogP contribution in [0.4, 0.5) is 14.4 Å². The van der Waals surface area contributed by atoms with Gasteiger partial charge in [0.1, 0.15) is 16.8 Å². The molecule has 0 saturated carbocycles. The van der Waals surface area contributed by atoms with Crippen LogP contribution < -0.4 is 0 Å². The molecule has 0 atom stereocenters. The maximum Gasteiger partial charge on any atom is 0.437 e. The van der Waals surface area contributed by atoms with Crippen molar-refractivity contribution in [2.24, 2.45) is 4.99 Å². The molecule has 1 aromatic rings. The molecule has 258 valence electrons. The van der Waals surface area contributed by atoms with Crippen molar-refractivity contribution in [3.05, 3.63) is 16.1 Å². The Kier molecular flexibility index (Phi) is 16.9. The number of unbranched alkanes of at least 4 members (excludes halogenated alkanes) is 5. The molecule has 0 aliphatic rings. The van der Waals surface area contributed by atoms with Gasteiger partial charge in [-0.2, -0.15) is 0 Å². The number of aromatic nitrogens is 1. The maximum absolute atomic E-state index is 13.7. The van der Waals surface area contributed by atoms with Crippen LogP contribution in [0.1, 0.15) is 125 Å². The molecule has 0 fully saturated rings. The monoisotopic (exact) mass is 725 g/mol. The number of alkyl halides is 1. The fraction of sp³-hybridized carbons (Fsp3) is 0.697. The van der Waals surface area contributed by atoms with Crippen LogP contribution in [0.25, 0.3) is 0 Å². The van der Waals surface area contributed by atoms with E-state index in [1.54, 1.807) is 74.6 Å². The van der Waals surface area contributed by atoms with Crippen LogP contribution in [0.15, 0.2) is 10.4 Å². The van der Waals surface area contributed by atoms with Gasteiger partial charge in [0.15, 0.2) is 5.01 Å². The van der Waals surface area contributed by atoms with Crippen LogP contribution in [0, 0.1) is 17.3 Å². The van der Waals surface area contributed by atoms with Crippen LogP contribution in [-0.4, -0.2) is 80.0 Å². The minimum absolute atomic E-state index is 0.0402. The van der Waals surface area contributed by atoms with E-state index in [9.17, 15) is 14.4 Å². The second-order valence-corrected chi connectivity index (χ2v) is 15.3. The van der Waals surface area contributed by atoms with Crippen molar-refractivity contribution in [3.63, 3.8) is 0 Å². The third-order valence-electron chi connectivity index (χ3n) is 5.58. The lowest BCUT2D eigenvalue weighted by molar-refractivity contribution is 0.0273. The number of thiazole rings is 1. The third-order valence-corrected chi connectivity index (χ3v) is 6.90. The molecule has 0 aliphatic heterocycles. The first-order valence-corrected chi connectivity index (χ1v) is 17.6. The normalized spacial score (nSPS) is 12.1. The summed E-state index contributed by atoms with van der Waals surface area (Å²) in [5.74, 6) is 5.83. The molecular weight excluding hydrogens is 674 g/mol. The molecular formula is C33H52BrN5O6S. The van der Waals surface area contributed by atoms with E-state index in [-0.39, 0.29) is 19.0 Å². The van der Waals surface area contributed by atoms with Crippen molar-refractivity contribution in [2.45, 2.75) is 131 Å². The first kappa shape index (κ1) is 41.0. The first-order valence-electron chi connectivity index (χ1n) is 15.6. The van der Waals surface area contributed by atoms with Gasteiger partial charge in [0.25, 0.3) is 0 Å². The lowest BCUT2D eigenvalue weighted by Gasteiger charge is -2.34. The Morgan fingerprint density at radius 1 is 0.848 bits per heavy atom. The second-order valence-electron chi connectivity index (χ2n) is 13.7. The number of halogens is 1. The number of carbonyl (C=O) groups is 3. The Morgan fingerprint density at radius 2 is 1.35 bits per heavy atom. The van der Waals surface area contributed by atoms with Crippen LogP contribution in [0.3, 0.4) is 0 Å². The Balaban J connectivity index is 3.52. The van der Waals surface area contributed by atoms with E-state index in [0.29, 0.717) is 35.7 Å². The van der Waals surface area contributed by atoms with Crippen molar-refractivity contribution < 1.29 is 28.6 Å². The number of hydrogen-bond acceptors (Lipinski definition) is 9. The SMILES string of the molecule is CC(=N)c1csc(C#CCCCN(C(=O)OC(C)(C)C)/C(=N\C(=O)OC(C)(C)C)N(CCCCCCCBr)C(=O)OC(C)(C)C)n1. The lowest BCUT2D eigenvalue weighted by Crippen LogP contribution is -2.53. The molecule has 1 heterocycles. The predicted octanol–water partition coefficient (Wildman–Crippen LogP) is 8.77. The average molecular weight is 727 g/mol. The van der Waals surface area contributed by atoms with Crippen LogP contribution in [0.2, 0.25) is 0 Å². The highest BCUT2D eigenvalue weighted by molar-refractivity contribution is 9.09. The predicted molar refractivity (Wildman–Crippen MR) is 187 cm³/mol. The van der Waals surface area contributed by atoms with E-state index >= 15 is 0 Å². The summed E-state index contributed by atoms with van der Waals surface area (Å²) in [7, 11) is 0. The van der Waals surface area contributed by atoms with Crippen molar-refractivity contribution in [3.8, 4) is 11.8 Å². The van der Waals surface area contributed by atoms with Crippen molar-refractivity contribution in [1.29, 1.82) is 5.41 Å². The number of rotatable bonds is 11. The van der Waals surface area contributed by atoms with Crippen LogP contribution >= 0.6 is 27.3 Å². The highest BCUT2D eigenvalue weighted by Crippen LogP contribution is 2.19. The summed E-state index contributed by atoms with van der Waals surface area (Å²) >= 11 is 4.81. The van der Waals surface area contributed by atoms with E-state index in [4.69, 9.17) is 19.6 Å². The van der Waals surface area contributed by atoms with E-state index in [2.05, 4.69) is 37.7 Å². The number of nitrogens with one attached hydrogen (secondary N) is 1. The van der Waals surface area contributed by atoms with E-state index in [1.165, 1.54) is 21.1 Å². The number of amides is 3. The molecule has 46 heavy (non-hydrogen) atoms. The molecule has 1 rings (SSSR count). The summed E-state index contributed by atoms with van der Waals surface area (Å²) < 4.78 is 16.9. The van der Waals surface area contributed by atoms with Gasteiger partial charge in [-0.25, -0.2) is 29.2 Å². The standard InChI is InChI=1S/C33H52BrN5O6S/c1-24(35)25-23-46-26(36-25)19-15-14-18-22-39(30(42)45-33(8,9)10)27(37-28(40)43-31(2,3)4)38(29(41)44-32(5,6)7)21-17-13-11-12-16-20-34/h23,35H,11-14,16-18,20-22H2,1-10H3/b35-24?,37-27-. The summed E-state index contributed by atoms with van der Waals surface area (Å²) in [4.78, 5) is 51.4. The van der Waals surface area contributed by atoms with Gasteiger partial charge >= 0.3 is 18.3 Å². The van der Waals surface area contributed by atoms with Gasteiger partial charge < -0.3 is 19.6 Å². The summed E-state index contributed by atoms with van der Waals surface area (Å²) in [6, 6.07) is 0. The number of guanidine groups is 1. The molecule has 0 radical (unpaired) electrons. The van der Waals surface area contributed by atoms with Crippen molar-refractivity contribution in [1.82, 2.24) is 14.8 Å². The van der Waals surface area contributed by atoms with Gasteiger partial charge in [0.05, 0.1) is 11.4 Å². The molecule has 0 unspecified atom stereocenters. The molecule has 11 nitrogen and oxygen atoms in total. The Labute approximate surface area is 287 Å². The highest BCUT2D eigenvalue weighted by atomic mass is 79.9. The minimum Gasteiger partial charge on any atom is -0.443 e. The molecule has 3 amide bonds. The fourth-order valence-electron chi connectivity index (χ4n) is 3.67. The number of ether oxygens (including phenoxy) is 3. The number of aliphatic imine (C=N–C) groups is 1. The summed E-state index contributed by atoms with van der Waals surface area (Å²) in [6.45, 7) is 17.4. The molecule has 1 aromatic heterocycles. The zero-order valence-electron chi connectivity index (χ0n) is 29.2. The van der Waals surface area contributed by atoms with Crippen LogP contribution in [-0.2, 0) is 14.2 Å². The minimum atomic E-state index is -0.956. The average Bonchev–Trinajstić information content (AvgIpc) is 3.36. The van der Waals surface area contributed by atoms with Gasteiger partial charge in [-0.1, -0.05) is 41.1 Å². The molecule has 0 spiro atoms. The van der Waals surface area contributed by atoms with Gasteiger partial charge in [-0.05, 0) is 94.4 Å². The highest BCUT2D eigenvalue weighted by Gasteiger charge is 2.35. The maximum atomic E-state index is 13.7. The summed E-state index contributed by atoms with van der Waals surface area (Å²) in [5, 5.41) is 11.0. The molecule has 0 bridgehead atoms. The molecule has 1 N–H and O–H groups in total. The van der Waals surface area contributed by atoms with Crippen molar-refractivity contribution >= 4 is 57.2 Å². The van der Waals surface area contributed by atoms with Gasteiger partial charge in [0, 0.05) is 30.2 Å². The molecule has 0 aromatic carbocycles. The molecule has 13 heteroatoms. The smallest absolute Gasteiger partial charge is 0.437 e. The van der Waals surface area contributed by atoms with E-state index in [0.717, 1.165) is 31.0 Å². The summed E-state index contributed by atoms with van der Waals surface area (Å²) in [6.07, 6.45) is 2.71. The first-order chi connectivity index (χ1) is 21.2. The lowest BCUT2D eigenvalue weighted by atomic mass is 10.1. The molecule has 0 saturated heterocycles. The van der Waals surface area contributed by atoms with Crippen LogP contribution in [0.5, 0.6) is 0 Å². The summed E-state index contributed by atoms with van der Waals surface area (Å²) in [5.41, 5.74) is -1.63. The van der Waals surface area contributed by atoms with Gasteiger partial charge in [-0.15, -0.1) is 16.3 Å². The number of hydrogen-bond donors (Lipinski definition) is 1. The topological polar surface area (TPSA) is 134 Å². The van der Waals surface area contributed by atoms with Crippen molar-refractivity contribution in [2.75, 3.05) is 18.4 Å². The molecule has 0 aliphatic carbocycles. The largest absolute Gasteiger partial charge is 0.443 e. The van der Waals surface area contributed by atoms with E-state index in [1.807, 2.05) is 0 Å². The van der Waals surface area contributed by atoms with E-state index < -0.39 is 35.1 Å². The third kappa shape index (κ3) is 17.6. The Hall–Kier alpha value is -2.98. The zero-order chi connectivity index (χ0) is 35.1. The zero-order valence-corrected chi connectivity index (χ0v) is 31.6. The van der Waals surface area contributed by atoms with Gasteiger partial charge in [0.2, 0.25) is 5.96 Å². The Bertz CT molecular complexity index is 1260. The van der Waals surface area contributed by atoms with Gasteiger partial charge in [-0.3, -0.25) is 0 Å². The number of carbonyl (C=O) groups excluding carboxylic acids is 3.